The lowest BCUT2D eigenvalue weighted by Crippen LogP contribution is -2.06. The average molecular weight is 298 g/mol. The van der Waals surface area contributed by atoms with Gasteiger partial charge in [-0.15, -0.1) is 11.8 Å². The molecule has 4 heteroatoms. The van der Waals surface area contributed by atoms with Crippen LogP contribution < -0.4 is 10.1 Å². The second-order valence-electron chi connectivity index (χ2n) is 4.61. The van der Waals surface area contributed by atoms with E-state index >= 15 is 0 Å². The van der Waals surface area contributed by atoms with Gasteiger partial charge in [-0.25, -0.2) is 0 Å². The molecule has 0 saturated carbocycles. The molecule has 1 unspecified atom stereocenters. The van der Waals surface area contributed by atoms with Crippen molar-refractivity contribution in [3.05, 3.63) is 54.1 Å². The quantitative estimate of drug-likeness (QED) is 0.798. The lowest BCUT2D eigenvalue weighted by atomic mass is 10.1. The van der Waals surface area contributed by atoms with E-state index in [1.807, 2.05) is 30.3 Å². The number of rotatable bonds is 6. The van der Waals surface area contributed by atoms with Gasteiger partial charge in [0.2, 0.25) is 0 Å². The molecule has 21 heavy (non-hydrogen) atoms. The van der Waals surface area contributed by atoms with Gasteiger partial charge in [-0.05, 0) is 55.1 Å². The predicted octanol–water partition coefficient (Wildman–Crippen LogP) is 4.48. The van der Waals surface area contributed by atoms with Gasteiger partial charge in [-0.1, -0.05) is 12.1 Å². The molecule has 0 aromatic heterocycles. The second kappa shape index (κ2) is 7.61. The van der Waals surface area contributed by atoms with E-state index in [0.29, 0.717) is 0 Å². The maximum atomic E-state index is 8.49. The molecule has 0 aliphatic rings. The topological polar surface area (TPSA) is 45.0 Å². The van der Waals surface area contributed by atoms with Crippen LogP contribution in [0.3, 0.4) is 0 Å². The zero-order valence-electron chi connectivity index (χ0n) is 12.2. The van der Waals surface area contributed by atoms with E-state index in [1.54, 1.807) is 11.8 Å². The van der Waals surface area contributed by atoms with Crippen LogP contribution in [0.2, 0.25) is 0 Å². The van der Waals surface area contributed by atoms with Crippen molar-refractivity contribution in [2.45, 2.75) is 17.9 Å². The first-order chi connectivity index (χ1) is 10.2. The number of anilines is 1. The summed E-state index contributed by atoms with van der Waals surface area (Å²) in [5, 5.41) is 12.0. The first-order valence-electron chi connectivity index (χ1n) is 6.73. The van der Waals surface area contributed by atoms with E-state index in [0.717, 1.165) is 11.4 Å². The lowest BCUT2D eigenvalue weighted by Gasteiger charge is -2.16. The number of hydrogen-bond acceptors (Lipinski definition) is 4. The molecule has 2 rings (SSSR count). The van der Waals surface area contributed by atoms with Crippen LogP contribution in [0.4, 0.5) is 5.69 Å². The molecule has 2 aromatic carbocycles. The first kappa shape index (κ1) is 15.3. The zero-order chi connectivity index (χ0) is 15.1. The summed E-state index contributed by atoms with van der Waals surface area (Å²) in [6.45, 7) is 2.20. The maximum absolute atomic E-state index is 8.49. The molecule has 0 aliphatic heterocycles. The van der Waals surface area contributed by atoms with Crippen LogP contribution in [0.25, 0.3) is 0 Å². The third-order valence-corrected chi connectivity index (χ3v) is 3.90. The van der Waals surface area contributed by atoms with Crippen molar-refractivity contribution in [2.75, 3.05) is 18.2 Å². The molecule has 2 aromatic rings. The van der Waals surface area contributed by atoms with Crippen molar-refractivity contribution in [1.29, 1.82) is 5.26 Å². The molecular formula is C17H18N2OS. The van der Waals surface area contributed by atoms with Gasteiger partial charge in [0, 0.05) is 16.6 Å². The van der Waals surface area contributed by atoms with E-state index in [-0.39, 0.29) is 12.6 Å². The smallest absolute Gasteiger partial charge is 0.174 e. The highest BCUT2D eigenvalue weighted by atomic mass is 32.2. The Morgan fingerprint density at radius 1 is 1.14 bits per heavy atom. The fourth-order valence-electron chi connectivity index (χ4n) is 1.99. The number of nitrogens with zero attached hydrogens (tertiary/aromatic N) is 1. The Bertz CT molecular complexity index is 602. The van der Waals surface area contributed by atoms with E-state index < -0.39 is 0 Å². The Balaban J connectivity index is 1.98. The van der Waals surface area contributed by atoms with Gasteiger partial charge in [-0.2, -0.15) is 5.26 Å². The normalized spacial score (nSPS) is 11.5. The molecule has 0 fully saturated rings. The Morgan fingerprint density at radius 2 is 1.81 bits per heavy atom. The van der Waals surface area contributed by atoms with Gasteiger partial charge in [0.15, 0.2) is 6.61 Å². The number of hydrogen-bond donors (Lipinski definition) is 1. The molecule has 0 amide bonds. The first-order valence-corrected chi connectivity index (χ1v) is 7.95. The van der Waals surface area contributed by atoms with Gasteiger partial charge in [-0.3, -0.25) is 0 Å². The molecule has 1 atom stereocenters. The van der Waals surface area contributed by atoms with Crippen LogP contribution in [0.1, 0.15) is 18.5 Å². The fourth-order valence-corrected chi connectivity index (χ4v) is 2.40. The molecule has 1 N–H and O–H groups in total. The van der Waals surface area contributed by atoms with Crippen LogP contribution in [0, 0.1) is 11.3 Å². The highest BCUT2D eigenvalue weighted by Crippen LogP contribution is 2.23. The van der Waals surface area contributed by atoms with Crippen LogP contribution in [-0.2, 0) is 0 Å². The highest BCUT2D eigenvalue weighted by Gasteiger charge is 2.05. The lowest BCUT2D eigenvalue weighted by molar-refractivity contribution is 0.368. The standard InChI is InChI=1S/C17H18N2OS/c1-13(19-15-5-9-17(21-2)10-6-15)14-3-7-16(8-4-14)20-12-11-18/h3-10,13,19H,12H2,1-2H3. The molecule has 0 radical (unpaired) electrons. The summed E-state index contributed by atoms with van der Waals surface area (Å²) in [6, 6.07) is 18.4. The molecule has 0 bridgehead atoms. The van der Waals surface area contributed by atoms with E-state index in [2.05, 4.69) is 42.8 Å². The summed E-state index contributed by atoms with van der Waals surface area (Å²) in [7, 11) is 0. The summed E-state index contributed by atoms with van der Waals surface area (Å²) >= 11 is 1.74. The summed E-state index contributed by atoms with van der Waals surface area (Å²) in [5.41, 5.74) is 2.28. The maximum Gasteiger partial charge on any atom is 0.174 e. The monoisotopic (exact) mass is 298 g/mol. The number of nitriles is 1. The summed E-state index contributed by atoms with van der Waals surface area (Å²) < 4.78 is 5.25. The van der Waals surface area contributed by atoms with Gasteiger partial charge < -0.3 is 10.1 Å². The van der Waals surface area contributed by atoms with Crippen molar-refractivity contribution >= 4 is 17.4 Å². The Morgan fingerprint density at radius 3 is 2.38 bits per heavy atom. The number of thioether (sulfide) groups is 1. The van der Waals surface area contributed by atoms with Crippen molar-refractivity contribution in [3.63, 3.8) is 0 Å². The van der Waals surface area contributed by atoms with Crippen molar-refractivity contribution in [1.82, 2.24) is 0 Å². The molecule has 108 valence electrons. The number of benzene rings is 2. The number of nitrogens with one attached hydrogen (secondary N) is 1. The van der Waals surface area contributed by atoms with Crippen LogP contribution >= 0.6 is 11.8 Å². The molecule has 0 saturated heterocycles. The zero-order valence-corrected chi connectivity index (χ0v) is 13.0. The van der Waals surface area contributed by atoms with Gasteiger partial charge in [0.1, 0.15) is 11.8 Å². The van der Waals surface area contributed by atoms with Gasteiger partial charge in [0.05, 0.1) is 0 Å². The van der Waals surface area contributed by atoms with Crippen molar-refractivity contribution in [3.8, 4) is 11.8 Å². The Kier molecular flexibility index (Phi) is 5.53. The highest BCUT2D eigenvalue weighted by molar-refractivity contribution is 7.98. The Hall–Kier alpha value is -2.12. The minimum Gasteiger partial charge on any atom is -0.479 e. The molecule has 3 nitrogen and oxygen atoms in total. The summed E-state index contributed by atoms with van der Waals surface area (Å²) in [6.07, 6.45) is 2.07. The predicted molar refractivity (Wildman–Crippen MR) is 87.8 cm³/mol. The second-order valence-corrected chi connectivity index (χ2v) is 5.49. The fraction of sp³-hybridized carbons (Fsp3) is 0.235. The summed E-state index contributed by atoms with van der Waals surface area (Å²) in [5.74, 6) is 0.719. The van der Waals surface area contributed by atoms with Crippen molar-refractivity contribution < 1.29 is 4.74 Å². The Labute approximate surface area is 129 Å². The van der Waals surface area contributed by atoms with Gasteiger partial charge in [0.25, 0.3) is 0 Å². The van der Waals surface area contributed by atoms with Gasteiger partial charge >= 0.3 is 0 Å². The SMILES string of the molecule is CSc1ccc(NC(C)c2ccc(OCC#N)cc2)cc1. The number of ether oxygens (including phenoxy) is 1. The molecular weight excluding hydrogens is 280 g/mol. The van der Waals surface area contributed by atoms with Crippen molar-refractivity contribution in [2.24, 2.45) is 0 Å². The van der Waals surface area contributed by atoms with Crippen LogP contribution in [0.15, 0.2) is 53.4 Å². The average Bonchev–Trinajstić information content (AvgIpc) is 2.54. The third-order valence-electron chi connectivity index (χ3n) is 3.16. The third kappa shape index (κ3) is 4.44. The van der Waals surface area contributed by atoms with Crippen LogP contribution in [-0.4, -0.2) is 12.9 Å². The van der Waals surface area contributed by atoms with E-state index in [4.69, 9.17) is 10.00 Å². The van der Waals surface area contributed by atoms with Crippen LogP contribution in [0.5, 0.6) is 5.75 Å². The van der Waals surface area contributed by atoms with E-state index in [1.165, 1.54) is 10.5 Å². The summed E-state index contributed by atoms with van der Waals surface area (Å²) in [4.78, 5) is 1.26. The minimum atomic E-state index is 0.0783. The minimum absolute atomic E-state index is 0.0783. The molecule has 0 heterocycles. The van der Waals surface area contributed by atoms with E-state index in [9.17, 15) is 0 Å². The molecule has 0 aliphatic carbocycles. The molecule has 0 spiro atoms. The largest absolute Gasteiger partial charge is 0.479 e.